The molecule has 0 aliphatic heterocycles. The van der Waals surface area contributed by atoms with E-state index < -0.39 is 11.2 Å². The molecule has 0 saturated heterocycles. The predicted octanol–water partition coefficient (Wildman–Crippen LogP) is 0.101. The summed E-state index contributed by atoms with van der Waals surface area (Å²) in [4.78, 5) is 42.8. The molecule has 1 amide bonds. The highest BCUT2D eigenvalue weighted by atomic mass is 16.5. The summed E-state index contributed by atoms with van der Waals surface area (Å²) >= 11 is 0. The third kappa shape index (κ3) is 3.35. The number of benzene rings is 1. The molecule has 3 rings (SSSR count). The number of ether oxygens (including phenoxy) is 1. The number of amides is 1. The number of hydrogen-bond acceptors (Lipinski definition) is 5. The Balaban J connectivity index is 1.85. The van der Waals surface area contributed by atoms with E-state index in [-0.39, 0.29) is 23.6 Å². The van der Waals surface area contributed by atoms with Crippen molar-refractivity contribution in [1.82, 2.24) is 23.6 Å². The van der Waals surface area contributed by atoms with Gasteiger partial charge in [-0.15, -0.1) is 0 Å². The Hall–Kier alpha value is -3.36. The number of aryl methyl sites for hydroxylation is 1. The molecule has 9 heteroatoms. The molecule has 0 N–H and O–H groups in total. The molecule has 0 radical (unpaired) electrons. The summed E-state index contributed by atoms with van der Waals surface area (Å²) in [6.45, 7) is 0.351. The number of aromatic nitrogens is 4. The quantitative estimate of drug-likeness (QED) is 0.634. The van der Waals surface area contributed by atoms with Gasteiger partial charge in [0.25, 0.3) is 5.56 Å². The zero-order chi connectivity index (χ0) is 19.7. The van der Waals surface area contributed by atoms with Crippen LogP contribution in [0.4, 0.5) is 0 Å². The van der Waals surface area contributed by atoms with Crippen molar-refractivity contribution in [2.75, 3.05) is 14.2 Å². The van der Waals surface area contributed by atoms with Gasteiger partial charge in [-0.1, -0.05) is 12.1 Å². The van der Waals surface area contributed by atoms with Crippen molar-refractivity contribution in [3.05, 3.63) is 57.0 Å². The van der Waals surface area contributed by atoms with Gasteiger partial charge in [-0.05, 0) is 17.7 Å². The summed E-state index contributed by atoms with van der Waals surface area (Å²) in [5, 5.41) is 0. The second kappa shape index (κ2) is 7.10. The number of likely N-dealkylation sites (N-methyl/N-ethyl adjacent to an activating group) is 1. The lowest BCUT2D eigenvalue weighted by atomic mass is 10.2. The number of hydrogen-bond donors (Lipinski definition) is 0. The van der Waals surface area contributed by atoms with Gasteiger partial charge in [0.1, 0.15) is 12.3 Å². The van der Waals surface area contributed by atoms with Crippen LogP contribution in [0.2, 0.25) is 0 Å². The molecule has 3 aromatic rings. The van der Waals surface area contributed by atoms with Gasteiger partial charge in [0.05, 0.1) is 13.4 Å². The summed E-state index contributed by atoms with van der Waals surface area (Å²) in [6.07, 6.45) is 1.41. The van der Waals surface area contributed by atoms with Crippen LogP contribution in [0.25, 0.3) is 11.2 Å². The highest BCUT2D eigenvalue weighted by Gasteiger charge is 2.17. The SMILES string of the molecule is COc1cccc(CN(C)C(=O)Cn2cnc3c2c(=O)n(C)c(=O)n3C)c1. The second-order valence-corrected chi connectivity index (χ2v) is 6.35. The van der Waals surface area contributed by atoms with Gasteiger partial charge in [-0.3, -0.25) is 18.7 Å². The molecule has 2 aromatic heterocycles. The van der Waals surface area contributed by atoms with Crippen molar-refractivity contribution in [3.8, 4) is 5.75 Å². The fourth-order valence-corrected chi connectivity index (χ4v) is 2.92. The number of rotatable bonds is 5. The molecule has 9 nitrogen and oxygen atoms in total. The van der Waals surface area contributed by atoms with E-state index in [4.69, 9.17) is 4.74 Å². The zero-order valence-electron chi connectivity index (χ0n) is 15.7. The molecular weight excluding hydrogens is 350 g/mol. The Morgan fingerprint density at radius 1 is 1.22 bits per heavy atom. The summed E-state index contributed by atoms with van der Waals surface area (Å²) in [6, 6.07) is 7.47. The lowest BCUT2D eigenvalue weighted by Crippen LogP contribution is -2.38. The summed E-state index contributed by atoms with van der Waals surface area (Å²) in [5.74, 6) is 0.534. The first-order valence-corrected chi connectivity index (χ1v) is 8.31. The molecule has 0 saturated carbocycles. The van der Waals surface area contributed by atoms with Crippen LogP contribution in [-0.4, -0.2) is 43.6 Å². The van der Waals surface area contributed by atoms with Crippen LogP contribution in [0.1, 0.15) is 5.56 Å². The second-order valence-electron chi connectivity index (χ2n) is 6.35. The van der Waals surface area contributed by atoms with Crippen LogP contribution in [0.3, 0.4) is 0 Å². The molecule has 2 heterocycles. The normalized spacial score (nSPS) is 11.0. The van der Waals surface area contributed by atoms with Crippen molar-refractivity contribution >= 4 is 17.1 Å². The predicted molar refractivity (Wildman–Crippen MR) is 99.7 cm³/mol. The number of carbonyl (C=O) groups excluding carboxylic acids is 1. The van der Waals surface area contributed by atoms with Gasteiger partial charge in [0.15, 0.2) is 11.2 Å². The molecule has 1 aromatic carbocycles. The highest BCUT2D eigenvalue weighted by molar-refractivity contribution is 5.78. The van der Waals surface area contributed by atoms with Crippen LogP contribution in [0.15, 0.2) is 40.2 Å². The topological polar surface area (TPSA) is 91.4 Å². The van der Waals surface area contributed by atoms with E-state index in [1.54, 1.807) is 19.1 Å². The minimum absolute atomic E-state index is 0.0512. The number of nitrogens with zero attached hydrogens (tertiary/aromatic N) is 5. The average molecular weight is 371 g/mol. The first-order chi connectivity index (χ1) is 12.8. The van der Waals surface area contributed by atoms with E-state index in [2.05, 4.69) is 4.98 Å². The molecule has 0 aliphatic rings. The third-order valence-corrected chi connectivity index (χ3v) is 4.50. The van der Waals surface area contributed by atoms with Crippen molar-refractivity contribution in [2.45, 2.75) is 13.1 Å². The van der Waals surface area contributed by atoms with Gasteiger partial charge in [-0.25, -0.2) is 9.78 Å². The monoisotopic (exact) mass is 371 g/mol. The average Bonchev–Trinajstić information content (AvgIpc) is 3.08. The standard InChI is InChI=1S/C18H21N5O4/c1-20(9-12-6-5-7-13(8-12)27-4)14(24)10-23-11-19-16-15(23)17(25)22(3)18(26)21(16)2/h5-8,11H,9-10H2,1-4H3. The Labute approximate surface area is 155 Å². The molecule has 0 aliphatic carbocycles. The van der Waals surface area contributed by atoms with Crippen LogP contribution >= 0.6 is 0 Å². The van der Waals surface area contributed by atoms with E-state index in [0.29, 0.717) is 6.54 Å². The molecule has 0 unspecified atom stereocenters. The van der Waals surface area contributed by atoms with E-state index >= 15 is 0 Å². The number of carbonyl (C=O) groups is 1. The fourth-order valence-electron chi connectivity index (χ4n) is 2.92. The van der Waals surface area contributed by atoms with Crippen LogP contribution in [-0.2, 0) is 32.0 Å². The molecule has 27 heavy (non-hydrogen) atoms. The maximum Gasteiger partial charge on any atom is 0.332 e. The Morgan fingerprint density at radius 3 is 2.67 bits per heavy atom. The van der Waals surface area contributed by atoms with Crippen molar-refractivity contribution in [3.63, 3.8) is 0 Å². The third-order valence-electron chi connectivity index (χ3n) is 4.50. The van der Waals surface area contributed by atoms with Crippen LogP contribution < -0.4 is 16.0 Å². The number of fused-ring (bicyclic) bond motifs is 1. The Morgan fingerprint density at radius 2 is 1.96 bits per heavy atom. The van der Waals surface area contributed by atoms with E-state index in [1.807, 2.05) is 24.3 Å². The summed E-state index contributed by atoms with van der Waals surface area (Å²) in [7, 11) is 6.22. The van der Waals surface area contributed by atoms with Gasteiger partial charge in [0, 0.05) is 27.7 Å². The molecule has 142 valence electrons. The van der Waals surface area contributed by atoms with Crippen LogP contribution in [0, 0.1) is 0 Å². The van der Waals surface area contributed by atoms with Crippen molar-refractivity contribution < 1.29 is 9.53 Å². The van der Waals surface area contributed by atoms with Gasteiger partial charge >= 0.3 is 5.69 Å². The molecule has 0 spiro atoms. The lowest BCUT2D eigenvalue weighted by Gasteiger charge is -2.18. The molecule has 0 bridgehead atoms. The van der Waals surface area contributed by atoms with Crippen molar-refractivity contribution in [1.29, 1.82) is 0 Å². The smallest absolute Gasteiger partial charge is 0.332 e. The van der Waals surface area contributed by atoms with E-state index in [0.717, 1.165) is 15.9 Å². The minimum atomic E-state index is -0.478. The van der Waals surface area contributed by atoms with Crippen molar-refractivity contribution in [2.24, 2.45) is 14.1 Å². The zero-order valence-corrected chi connectivity index (χ0v) is 15.7. The first-order valence-electron chi connectivity index (χ1n) is 8.31. The molecule has 0 atom stereocenters. The number of methoxy groups -OCH3 is 1. The van der Waals surface area contributed by atoms with E-state index in [9.17, 15) is 14.4 Å². The van der Waals surface area contributed by atoms with E-state index in [1.165, 1.54) is 29.6 Å². The van der Waals surface area contributed by atoms with Gasteiger partial charge in [-0.2, -0.15) is 0 Å². The van der Waals surface area contributed by atoms with Crippen LogP contribution in [0.5, 0.6) is 5.75 Å². The summed E-state index contributed by atoms with van der Waals surface area (Å²) < 4.78 is 8.96. The lowest BCUT2D eigenvalue weighted by molar-refractivity contribution is -0.131. The minimum Gasteiger partial charge on any atom is -0.497 e. The largest absolute Gasteiger partial charge is 0.497 e. The number of imidazole rings is 1. The highest BCUT2D eigenvalue weighted by Crippen LogP contribution is 2.14. The molecular formula is C18H21N5O4. The maximum absolute atomic E-state index is 12.6. The van der Waals surface area contributed by atoms with Gasteiger partial charge < -0.3 is 14.2 Å². The Bertz CT molecular complexity index is 1120. The molecule has 0 fully saturated rings. The fraction of sp³-hybridized carbons (Fsp3) is 0.333. The Kier molecular flexibility index (Phi) is 4.85. The summed E-state index contributed by atoms with van der Waals surface area (Å²) in [5.41, 5.74) is 0.473. The first kappa shape index (κ1) is 18.4. The van der Waals surface area contributed by atoms with Gasteiger partial charge in [0.2, 0.25) is 5.91 Å². The maximum atomic E-state index is 12.6.